The van der Waals surface area contributed by atoms with Crippen LogP contribution < -0.4 is 14.7 Å². The number of nitrogens with zero attached hydrogens (tertiary/aromatic N) is 4. The number of fused-ring (bicyclic) bond motifs is 1. The molecule has 0 aliphatic carbocycles. The highest BCUT2D eigenvalue weighted by atomic mass is 16.5. The summed E-state index contributed by atoms with van der Waals surface area (Å²) in [6.07, 6.45) is 0. The number of hydrogen-bond acceptors (Lipinski definition) is 5. The van der Waals surface area contributed by atoms with Crippen molar-refractivity contribution < 1.29 is 4.74 Å². The lowest BCUT2D eigenvalue weighted by Crippen LogP contribution is -2.37. The molecule has 5 heteroatoms. The largest absolute Gasteiger partial charge is 0.460 e. The van der Waals surface area contributed by atoms with Crippen LogP contribution in [-0.2, 0) is 23.4 Å². The van der Waals surface area contributed by atoms with Crippen LogP contribution in [0.25, 0.3) is 0 Å². The zero-order valence-electron chi connectivity index (χ0n) is 26.2. The van der Waals surface area contributed by atoms with Gasteiger partial charge in [-0.15, -0.1) is 0 Å². The summed E-state index contributed by atoms with van der Waals surface area (Å²) in [7, 11) is 8.38. The second-order valence-corrected chi connectivity index (χ2v) is 11.8. The van der Waals surface area contributed by atoms with E-state index in [1.165, 1.54) is 11.1 Å². The molecule has 0 atom stereocenters. The van der Waals surface area contributed by atoms with E-state index in [2.05, 4.69) is 170 Å². The van der Waals surface area contributed by atoms with Crippen molar-refractivity contribution in [3.05, 3.63) is 155 Å². The first-order valence-electron chi connectivity index (χ1n) is 15.1. The molecule has 0 aromatic heterocycles. The number of anilines is 3. The summed E-state index contributed by atoms with van der Waals surface area (Å²) in [5.41, 5.74) is 9.19. The number of ether oxygens (including phenoxy) is 1. The van der Waals surface area contributed by atoms with E-state index in [0.717, 1.165) is 52.5 Å². The molecule has 0 unspecified atom stereocenters. The summed E-state index contributed by atoms with van der Waals surface area (Å²) in [5, 5.41) is 0. The minimum absolute atomic E-state index is 0.643. The van der Waals surface area contributed by atoms with Gasteiger partial charge in [0.25, 0.3) is 0 Å². The minimum atomic E-state index is -0.848. The van der Waals surface area contributed by atoms with Crippen molar-refractivity contribution in [2.24, 2.45) is 4.99 Å². The molecule has 1 heterocycles. The van der Waals surface area contributed by atoms with Crippen molar-refractivity contribution in [1.29, 1.82) is 0 Å². The second kappa shape index (κ2) is 12.3. The molecule has 5 aromatic rings. The monoisotopic (exact) mass is 580 g/mol. The fourth-order valence-electron chi connectivity index (χ4n) is 6.05. The third kappa shape index (κ3) is 5.78. The molecule has 222 valence electrons. The number of benzene rings is 5. The van der Waals surface area contributed by atoms with Gasteiger partial charge < -0.3 is 19.4 Å². The van der Waals surface area contributed by atoms with Crippen molar-refractivity contribution in [2.75, 3.05) is 42.9 Å². The average molecular weight is 581 g/mol. The van der Waals surface area contributed by atoms with Crippen molar-refractivity contribution >= 4 is 28.6 Å². The van der Waals surface area contributed by atoms with Crippen LogP contribution in [-0.4, -0.2) is 34.1 Å². The van der Waals surface area contributed by atoms with Crippen molar-refractivity contribution in [1.82, 2.24) is 0 Å². The Morgan fingerprint density at radius 1 is 0.568 bits per heavy atom. The van der Waals surface area contributed by atoms with Crippen molar-refractivity contribution in [3.8, 4) is 0 Å². The van der Waals surface area contributed by atoms with Gasteiger partial charge in [0, 0.05) is 82.0 Å². The van der Waals surface area contributed by atoms with Crippen LogP contribution in [0.4, 0.5) is 22.7 Å². The topological polar surface area (TPSA) is 31.3 Å². The van der Waals surface area contributed by atoms with Crippen LogP contribution in [0.15, 0.2) is 132 Å². The van der Waals surface area contributed by atoms with Crippen molar-refractivity contribution in [3.63, 3.8) is 0 Å². The molecule has 5 nitrogen and oxygen atoms in total. The average Bonchev–Trinajstić information content (AvgIpc) is 3.05. The zero-order valence-corrected chi connectivity index (χ0v) is 26.2. The smallest absolute Gasteiger partial charge is 0.188 e. The fourth-order valence-corrected chi connectivity index (χ4v) is 6.05. The highest BCUT2D eigenvalue weighted by Gasteiger charge is 2.43. The quantitative estimate of drug-likeness (QED) is 0.175. The second-order valence-electron chi connectivity index (χ2n) is 11.8. The molecular formula is C39H40N4O. The maximum atomic E-state index is 6.87. The third-order valence-electron chi connectivity index (χ3n) is 8.41. The Bertz CT molecular complexity index is 1640. The molecule has 0 amide bonds. The van der Waals surface area contributed by atoms with Crippen LogP contribution in [0.3, 0.4) is 0 Å². The molecule has 6 rings (SSSR count). The summed E-state index contributed by atoms with van der Waals surface area (Å²) in [6.45, 7) is 3.62. The molecular weight excluding hydrogens is 540 g/mol. The highest BCUT2D eigenvalue weighted by molar-refractivity contribution is 5.84. The SMILES string of the molecule is CC1=Nc2cc(N(C)C)ccc2C(c2ccc(N(C)Cc3ccccc3)cc2)(c2ccc(N(C)Cc3ccccc3)cc2)O1. The molecule has 1 aliphatic rings. The van der Waals surface area contributed by atoms with Gasteiger partial charge in [0.05, 0.1) is 5.69 Å². The van der Waals surface area contributed by atoms with Crippen molar-refractivity contribution in [2.45, 2.75) is 25.6 Å². The summed E-state index contributed by atoms with van der Waals surface area (Å²) in [5.74, 6) is 0.643. The Kier molecular flexibility index (Phi) is 8.12. The van der Waals surface area contributed by atoms with E-state index in [1.807, 2.05) is 6.92 Å². The first kappa shape index (κ1) is 29.1. The van der Waals surface area contributed by atoms with E-state index < -0.39 is 5.60 Å². The predicted molar refractivity (Wildman–Crippen MR) is 184 cm³/mol. The van der Waals surface area contributed by atoms with Crippen LogP contribution >= 0.6 is 0 Å². The van der Waals surface area contributed by atoms with Gasteiger partial charge in [-0.3, -0.25) is 0 Å². The van der Waals surface area contributed by atoms with E-state index >= 15 is 0 Å². The Hall–Kier alpha value is -5.03. The van der Waals surface area contributed by atoms with Gasteiger partial charge in [0.15, 0.2) is 11.5 Å². The Morgan fingerprint density at radius 3 is 1.48 bits per heavy atom. The minimum Gasteiger partial charge on any atom is -0.460 e. The molecule has 0 radical (unpaired) electrons. The van der Waals surface area contributed by atoms with E-state index in [-0.39, 0.29) is 0 Å². The molecule has 0 fully saturated rings. The van der Waals surface area contributed by atoms with Gasteiger partial charge in [-0.05, 0) is 47.5 Å². The number of hydrogen-bond donors (Lipinski definition) is 0. The normalized spacial score (nSPS) is 13.3. The molecule has 44 heavy (non-hydrogen) atoms. The highest BCUT2D eigenvalue weighted by Crippen LogP contribution is 2.48. The first-order chi connectivity index (χ1) is 21.3. The van der Waals surface area contributed by atoms with Gasteiger partial charge in [-0.2, -0.15) is 0 Å². The summed E-state index contributed by atoms with van der Waals surface area (Å²) < 4.78 is 6.87. The summed E-state index contributed by atoms with van der Waals surface area (Å²) in [6, 6.07) is 45.2. The lowest BCUT2D eigenvalue weighted by atomic mass is 9.78. The number of aliphatic imine (C=N–C) groups is 1. The van der Waals surface area contributed by atoms with E-state index in [0.29, 0.717) is 5.90 Å². The first-order valence-corrected chi connectivity index (χ1v) is 15.1. The lowest BCUT2D eigenvalue weighted by molar-refractivity contribution is 0.135. The van der Waals surface area contributed by atoms with Crippen LogP contribution in [0.5, 0.6) is 0 Å². The molecule has 0 bridgehead atoms. The molecule has 0 saturated heterocycles. The summed E-state index contributed by atoms with van der Waals surface area (Å²) >= 11 is 0. The Labute approximate surface area is 261 Å². The molecule has 1 aliphatic heterocycles. The van der Waals surface area contributed by atoms with E-state index in [1.54, 1.807) is 0 Å². The molecule has 5 aromatic carbocycles. The lowest BCUT2D eigenvalue weighted by Gasteiger charge is -2.39. The molecule has 0 N–H and O–H groups in total. The maximum absolute atomic E-state index is 6.87. The Balaban J connectivity index is 1.40. The summed E-state index contributed by atoms with van der Waals surface area (Å²) in [4.78, 5) is 11.5. The maximum Gasteiger partial charge on any atom is 0.188 e. The van der Waals surface area contributed by atoms with Crippen LogP contribution in [0.1, 0.15) is 34.7 Å². The number of rotatable bonds is 9. The predicted octanol–water partition coefficient (Wildman–Crippen LogP) is 8.40. The molecule has 0 spiro atoms. The molecule has 0 saturated carbocycles. The van der Waals surface area contributed by atoms with E-state index in [9.17, 15) is 0 Å². The van der Waals surface area contributed by atoms with Gasteiger partial charge in [0.1, 0.15) is 0 Å². The standard InChI is InChI=1S/C39H40N4O/c1-29-40-38-26-36(41(2)3)24-25-37(38)39(44-29,32-16-20-34(21-17-32)42(4)27-30-12-8-6-9-13-30)33-18-22-35(23-19-33)43(5)28-31-14-10-7-11-15-31/h6-26H,27-28H2,1-5H3. The van der Waals surface area contributed by atoms with Gasteiger partial charge in [-0.25, -0.2) is 4.99 Å². The third-order valence-corrected chi connectivity index (χ3v) is 8.41. The fraction of sp³-hybridized carbons (Fsp3) is 0.205. The zero-order chi connectivity index (χ0) is 30.7. The van der Waals surface area contributed by atoms with Gasteiger partial charge in [-0.1, -0.05) is 91.0 Å². The van der Waals surface area contributed by atoms with Crippen LogP contribution in [0, 0.1) is 0 Å². The van der Waals surface area contributed by atoms with E-state index in [4.69, 9.17) is 9.73 Å². The Morgan fingerprint density at radius 2 is 1.02 bits per heavy atom. The van der Waals surface area contributed by atoms with Gasteiger partial charge in [0.2, 0.25) is 0 Å². The van der Waals surface area contributed by atoms with Crippen LogP contribution in [0.2, 0.25) is 0 Å². The van der Waals surface area contributed by atoms with Gasteiger partial charge >= 0.3 is 0 Å².